The third-order valence-corrected chi connectivity index (χ3v) is 4.21. The SMILES string of the molecule is CCN(CC)c1ccc(CCCN2CCNCC2)cc1. The van der Waals surface area contributed by atoms with Gasteiger partial charge in [0, 0.05) is 45.0 Å². The predicted molar refractivity (Wildman–Crippen MR) is 87.6 cm³/mol. The second-order valence-corrected chi connectivity index (χ2v) is 5.53. The van der Waals surface area contributed by atoms with Crippen molar-refractivity contribution >= 4 is 5.69 Å². The first-order chi connectivity index (χ1) is 9.83. The zero-order valence-corrected chi connectivity index (χ0v) is 13.1. The number of piperazine rings is 1. The molecule has 3 heteroatoms. The van der Waals surface area contributed by atoms with Gasteiger partial charge < -0.3 is 15.1 Å². The summed E-state index contributed by atoms with van der Waals surface area (Å²) in [5.41, 5.74) is 2.82. The third-order valence-electron chi connectivity index (χ3n) is 4.21. The topological polar surface area (TPSA) is 18.5 Å². The average molecular weight is 275 g/mol. The molecule has 0 saturated carbocycles. The molecular weight excluding hydrogens is 246 g/mol. The Balaban J connectivity index is 1.75. The highest BCUT2D eigenvalue weighted by Gasteiger charge is 2.08. The maximum absolute atomic E-state index is 3.40. The fraction of sp³-hybridized carbons (Fsp3) is 0.647. The zero-order chi connectivity index (χ0) is 14.2. The van der Waals surface area contributed by atoms with Crippen molar-refractivity contribution in [2.75, 3.05) is 50.7 Å². The molecule has 0 amide bonds. The molecule has 1 saturated heterocycles. The lowest BCUT2D eigenvalue weighted by Crippen LogP contribution is -2.43. The molecule has 1 fully saturated rings. The molecule has 1 aromatic carbocycles. The Morgan fingerprint density at radius 1 is 1.05 bits per heavy atom. The third kappa shape index (κ3) is 4.50. The number of hydrogen-bond acceptors (Lipinski definition) is 3. The van der Waals surface area contributed by atoms with E-state index in [0.29, 0.717) is 0 Å². The van der Waals surface area contributed by atoms with Gasteiger partial charge >= 0.3 is 0 Å². The van der Waals surface area contributed by atoms with Crippen LogP contribution in [-0.2, 0) is 6.42 Å². The van der Waals surface area contributed by atoms with E-state index < -0.39 is 0 Å². The van der Waals surface area contributed by atoms with E-state index >= 15 is 0 Å². The summed E-state index contributed by atoms with van der Waals surface area (Å²) in [7, 11) is 0. The van der Waals surface area contributed by atoms with Crippen LogP contribution in [0.25, 0.3) is 0 Å². The minimum atomic E-state index is 1.08. The molecule has 0 aliphatic carbocycles. The van der Waals surface area contributed by atoms with Crippen molar-refractivity contribution in [1.82, 2.24) is 10.2 Å². The van der Waals surface area contributed by atoms with E-state index in [9.17, 15) is 0 Å². The maximum atomic E-state index is 3.40. The van der Waals surface area contributed by atoms with Crippen molar-refractivity contribution in [2.45, 2.75) is 26.7 Å². The van der Waals surface area contributed by atoms with Gasteiger partial charge in [-0.3, -0.25) is 0 Å². The summed E-state index contributed by atoms with van der Waals surface area (Å²) < 4.78 is 0. The van der Waals surface area contributed by atoms with Gasteiger partial charge in [-0.15, -0.1) is 0 Å². The monoisotopic (exact) mass is 275 g/mol. The number of rotatable bonds is 7. The summed E-state index contributed by atoms with van der Waals surface area (Å²) >= 11 is 0. The molecule has 0 atom stereocenters. The minimum absolute atomic E-state index is 1.08. The van der Waals surface area contributed by atoms with Crippen molar-refractivity contribution in [3.05, 3.63) is 29.8 Å². The lowest BCUT2D eigenvalue weighted by molar-refractivity contribution is 0.238. The second kappa shape index (κ2) is 8.28. The van der Waals surface area contributed by atoms with Crippen LogP contribution in [0.5, 0.6) is 0 Å². The summed E-state index contributed by atoms with van der Waals surface area (Å²) in [5, 5.41) is 3.40. The van der Waals surface area contributed by atoms with Gasteiger partial charge in [-0.05, 0) is 50.9 Å². The van der Waals surface area contributed by atoms with E-state index in [1.54, 1.807) is 0 Å². The van der Waals surface area contributed by atoms with Crippen molar-refractivity contribution in [1.29, 1.82) is 0 Å². The van der Waals surface area contributed by atoms with Crippen molar-refractivity contribution in [2.24, 2.45) is 0 Å². The first kappa shape index (κ1) is 15.3. The molecule has 0 bridgehead atoms. The van der Waals surface area contributed by atoms with Gasteiger partial charge in [-0.25, -0.2) is 0 Å². The van der Waals surface area contributed by atoms with E-state index in [1.807, 2.05) is 0 Å². The number of nitrogens with one attached hydrogen (secondary N) is 1. The molecule has 112 valence electrons. The maximum Gasteiger partial charge on any atom is 0.0366 e. The van der Waals surface area contributed by atoms with Crippen LogP contribution in [0.1, 0.15) is 25.8 Å². The van der Waals surface area contributed by atoms with Crippen LogP contribution in [0.3, 0.4) is 0 Å². The fourth-order valence-corrected chi connectivity index (χ4v) is 2.90. The summed E-state index contributed by atoms with van der Waals surface area (Å²) in [4.78, 5) is 4.96. The summed E-state index contributed by atoms with van der Waals surface area (Å²) in [6.45, 7) is 12.5. The van der Waals surface area contributed by atoms with Crippen LogP contribution < -0.4 is 10.2 Å². The molecule has 0 aromatic heterocycles. The van der Waals surface area contributed by atoms with Crippen molar-refractivity contribution in [3.63, 3.8) is 0 Å². The molecule has 0 spiro atoms. The number of anilines is 1. The molecule has 3 nitrogen and oxygen atoms in total. The highest BCUT2D eigenvalue weighted by atomic mass is 15.2. The summed E-state index contributed by atoms with van der Waals surface area (Å²) in [5.74, 6) is 0. The van der Waals surface area contributed by atoms with Crippen LogP contribution in [0.4, 0.5) is 5.69 Å². The number of aryl methyl sites for hydroxylation is 1. The molecule has 1 heterocycles. The van der Waals surface area contributed by atoms with E-state index in [-0.39, 0.29) is 0 Å². The summed E-state index contributed by atoms with van der Waals surface area (Å²) in [6, 6.07) is 9.14. The molecule has 0 unspecified atom stereocenters. The van der Waals surface area contributed by atoms with Gasteiger partial charge in [-0.2, -0.15) is 0 Å². The lowest BCUT2D eigenvalue weighted by Gasteiger charge is -2.27. The first-order valence-electron chi connectivity index (χ1n) is 8.10. The predicted octanol–water partition coefficient (Wildman–Crippen LogP) is 2.37. The van der Waals surface area contributed by atoms with Crippen molar-refractivity contribution in [3.8, 4) is 0 Å². The molecule has 1 aromatic rings. The van der Waals surface area contributed by atoms with Crippen LogP contribution in [-0.4, -0.2) is 50.7 Å². The standard InChI is InChI=1S/C17H29N3/c1-3-20(4-2)17-9-7-16(8-10-17)6-5-13-19-14-11-18-12-15-19/h7-10,18H,3-6,11-15H2,1-2H3. The summed E-state index contributed by atoms with van der Waals surface area (Å²) in [6.07, 6.45) is 2.47. The highest BCUT2D eigenvalue weighted by Crippen LogP contribution is 2.15. The molecule has 0 radical (unpaired) electrons. The zero-order valence-electron chi connectivity index (χ0n) is 13.1. The Morgan fingerprint density at radius 3 is 2.30 bits per heavy atom. The lowest BCUT2D eigenvalue weighted by atomic mass is 10.1. The molecule has 1 N–H and O–H groups in total. The Bertz CT molecular complexity index is 364. The number of nitrogens with zero attached hydrogens (tertiary/aromatic N) is 2. The van der Waals surface area contributed by atoms with E-state index in [4.69, 9.17) is 0 Å². The van der Waals surface area contributed by atoms with Gasteiger partial charge in [0.2, 0.25) is 0 Å². The average Bonchev–Trinajstić information content (AvgIpc) is 2.51. The van der Waals surface area contributed by atoms with Gasteiger partial charge in [0.25, 0.3) is 0 Å². The largest absolute Gasteiger partial charge is 0.372 e. The molecule has 1 aliphatic rings. The van der Waals surface area contributed by atoms with Crippen LogP contribution in [0, 0.1) is 0 Å². The quantitative estimate of drug-likeness (QED) is 0.824. The molecular formula is C17H29N3. The number of hydrogen-bond donors (Lipinski definition) is 1. The van der Waals surface area contributed by atoms with Gasteiger partial charge in [-0.1, -0.05) is 12.1 Å². The minimum Gasteiger partial charge on any atom is -0.372 e. The Morgan fingerprint density at radius 2 is 1.70 bits per heavy atom. The second-order valence-electron chi connectivity index (χ2n) is 5.53. The normalized spacial score (nSPS) is 16.3. The molecule has 20 heavy (non-hydrogen) atoms. The van der Waals surface area contributed by atoms with E-state index in [2.05, 4.69) is 53.2 Å². The Labute approximate surface area is 124 Å². The smallest absolute Gasteiger partial charge is 0.0366 e. The van der Waals surface area contributed by atoms with Gasteiger partial charge in [0.05, 0.1) is 0 Å². The van der Waals surface area contributed by atoms with Crippen LogP contribution >= 0.6 is 0 Å². The van der Waals surface area contributed by atoms with Gasteiger partial charge in [0.15, 0.2) is 0 Å². The van der Waals surface area contributed by atoms with Gasteiger partial charge in [0.1, 0.15) is 0 Å². The van der Waals surface area contributed by atoms with Crippen molar-refractivity contribution < 1.29 is 0 Å². The first-order valence-corrected chi connectivity index (χ1v) is 8.10. The van der Waals surface area contributed by atoms with E-state index in [0.717, 1.165) is 26.2 Å². The molecule has 1 aliphatic heterocycles. The van der Waals surface area contributed by atoms with E-state index in [1.165, 1.54) is 43.7 Å². The Hall–Kier alpha value is -1.06. The molecule has 2 rings (SSSR count). The number of benzene rings is 1. The Kier molecular flexibility index (Phi) is 6.34. The highest BCUT2D eigenvalue weighted by molar-refractivity contribution is 5.47. The van der Waals surface area contributed by atoms with Crippen LogP contribution in [0.2, 0.25) is 0 Å². The van der Waals surface area contributed by atoms with Crippen LogP contribution in [0.15, 0.2) is 24.3 Å². The fourth-order valence-electron chi connectivity index (χ4n) is 2.90.